The number of aliphatic carboxylic acids is 1. The van der Waals surface area contributed by atoms with Crippen molar-refractivity contribution in [2.75, 3.05) is 6.61 Å². The van der Waals surface area contributed by atoms with Crippen molar-refractivity contribution in [1.29, 1.82) is 0 Å². The third-order valence-electron chi connectivity index (χ3n) is 2.29. The first-order valence-corrected chi connectivity index (χ1v) is 6.83. The van der Waals surface area contributed by atoms with Crippen LogP contribution in [0, 0.1) is 12.3 Å². The lowest BCUT2D eigenvalue weighted by atomic mass is 9.96. The van der Waals surface area contributed by atoms with E-state index in [2.05, 4.69) is 0 Å². The van der Waals surface area contributed by atoms with E-state index in [1.807, 2.05) is 6.92 Å². The quantitative estimate of drug-likeness (QED) is 0.724. The molecule has 0 atom stereocenters. The van der Waals surface area contributed by atoms with Crippen LogP contribution in [0.15, 0.2) is 29.2 Å². The van der Waals surface area contributed by atoms with E-state index in [0.717, 1.165) is 5.56 Å². The van der Waals surface area contributed by atoms with Gasteiger partial charge in [0.15, 0.2) is 0 Å². The number of carbonyl (C=O) groups is 1. The fourth-order valence-corrected chi connectivity index (χ4v) is 1.26. The second kappa shape index (κ2) is 6.65. The number of hydrogen-bond acceptors (Lipinski definition) is 4. The van der Waals surface area contributed by atoms with Gasteiger partial charge in [0.2, 0.25) is 0 Å². The summed E-state index contributed by atoms with van der Waals surface area (Å²) in [7, 11) is -4.02. The molecule has 3 N–H and O–H groups in total. The number of hydrogen-bond donors (Lipinski definition) is 3. The van der Waals surface area contributed by atoms with Crippen molar-refractivity contribution in [2.45, 2.75) is 25.7 Å². The van der Waals surface area contributed by atoms with Gasteiger partial charge in [0, 0.05) is 0 Å². The Bertz CT molecular complexity index is 516. The van der Waals surface area contributed by atoms with Crippen LogP contribution in [-0.2, 0) is 14.9 Å². The number of carboxylic acid groups (broad SMARTS) is 1. The second-order valence-electron chi connectivity index (χ2n) is 4.64. The Hall–Kier alpha value is -1.44. The molecule has 1 aromatic rings. The molecule has 0 aliphatic rings. The molecule has 0 spiro atoms. The van der Waals surface area contributed by atoms with Gasteiger partial charge in [0.05, 0.1) is 16.9 Å². The van der Waals surface area contributed by atoms with Gasteiger partial charge in [-0.25, -0.2) is 0 Å². The topological polar surface area (TPSA) is 112 Å². The minimum atomic E-state index is -4.02. The van der Waals surface area contributed by atoms with Crippen LogP contribution in [0.3, 0.4) is 0 Å². The zero-order valence-electron chi connectivity index (χ0n) is 11.0. The van der Waals surface area contributed by atoms with Crippen molar-refractivity contribution in [1.82, 2.24) is 0 Å². The minimum Gasteiger partial charge on any atom is -0.481 e. The summed E-state index contributed by atoms with van der Waals surface area (Å²) in [5.74, 6) is -0.972. The highest BCUT2D eigenvalue weighted by atomic mass is 32.2. The molecule has 0 aliphatic carbocycles. The highest BCUT2D eigenvalue weighted by molar-refractivity contribution is 7.85. The molecule has 108 valence electrons. The van der Waals surface area contributed by atoms with Crippen LogP contribution in [0.5, 0.6) is 0 Å². The summed E-state index contributed by atoms with van der Waals surface area (Å²) < 4.78 is 29.6. The van der Waals surface area contributed by atoms with Gasteiger partial charge in [-0.3, -0.25) is 9.35 Å². The smallest absolute Gasteiger partial charge is 0.311 e. The number of benzene rings is 1. The Morgan fingerprint density at radius 3 is 1.84 bits per heavy atom. The molecule has 0 heterocycles. The van der Waals surface area contributed by atoms with Crippen LogP contribution in [-0.4, -0.2) is 35.8 Å². The molecule has 0 unspecified atom stereocenters. The second-order valence-corrected chi connectivity index (χ2v) is 6.06. The summed E-state index contributed by atoms with van der Waals surface area (Å²) in [6, 6.07) is 5.99. The maximum absolute atomic E-state index is 10.5. The molecule has 0 aromatic heterocycles. The largest absolute Gasteiger partial charge is 0.481 e. The van der Waals surface area contributed by atoms with E-state index >= 15 is 0 Å². The van der Waals surface area contributed by atoms with E-state index in [-0.39, 0.29) is 11.5 Å². The molecule has 0 amide bonds. The maximum atomic E-state index is 10.5. The molecule has 7 heteroatoms. The molecule has 19 heavy (non-hydrogen) atoms. The maximum Gasteiger partial charge on any atom is 0.311 e. The SMILES string of the molecule is CC(C)(CO)C(=O)O.Cc1ccc(S(=O)(=O)O)cc1. The lowest BCUT2D eigenvalue weighted by Crippen LogP contribution is -2.27. The normalized spacial score (nSPS) is 11.4. The molecule has 0 radical (unpaired) electrons. The highest BCUT2D eigenvalue weighted by Crippen LogP contribution is 2.12. The van der Waals surface area contributed by atoms with E-state index in [9.17, 15) is 13.2 Å². The van der Waals surface area contributed by atoms with E-state index in [1.54, 1.807) is 12.1 Å². The fourth-order valence-electron chi connectivity index (χ4n) is 0.778. The molecule has 0 bridgehead atoms. The first-order chi connectivity index (χ1) is 8.50. The molecule has 1 rings (SSSR count). The molecule has 0 saturated carbocycles. The first kappa shape index (κ1) is 17.6. The minimum absolute atomic E-state index is 0.0666. The van der Waals surface area contributed by atoms with Gasteiger partial charge in [-0.2, -0.15) is 8.42 Å². The van der Waals surface area contributed by atoms with Crippen LogP contribution in [0.1, 0.15) is 19.4 Å². The predicted molar refractivity (Wildman–Crippen MR) is 69.5 cm³/mol. The van der Waals surface area contributed by atoms with E-state index in [1.165, 1.54) is 26.0 Å². The van der Waals surface area contributed by atoms with Crippen LogP contribution in [0.2, 0.25) is 0 Å². The van der Waals surface area contributed by atoms with E-state index < -0.39 is 21.5 Å². The summed E-state index contributed by atoms with van der Waals surface area (Å²) in [4.78, 5) is 10.0. The standard InChI is InChI=1S/C7H8O3S.C5H10O3/c1-6-2-4-7(5-3-6)11(8,9)10;1-5(2,3-6)4(7)8/h2-5H,1H3,(H,8,9,10);6H,3H2,1-2H3,(H,7,8). The first-order valence-electron chi connectivity index (χ1n) is 5.39. The van der Waals surface area contributed by atoms with Gasteiger partial charge >= 0.3 is 5.97 Å². The monoisotopic (exact) mass is 290 g/mol. The Kier molecular flexibility index (Phi) is 6.14. The van der Waals surface area contributed by atoms with Gasteiger partial charge in [-0.15, -0.1) is 0 Å². The molecular formula is C12H18O6S. The van der Waals surface area contributed by atoms with Crippen molar-refractivity contribution in [3.63, 3.8) is 0 Å². The third-order valence-corrected chi connectivity index (χ3v) is 3.16. The molecule has 0 aliphatic heterocycles. The summed E-state index contributed by atoms with van der Waals surface area (Å²) in [5, 5.41) is 16.7. The average molecular weight is 290 g/mol. The van der Waals surface area contributed by atoms with Gasteiger partial charge in [0.1, 0.15) is 0 Å². The van der Waals surface area contributed by atoms with Crippen molar-refractivity contribution >= 4 is 16.1 Å². The zero-order valence-corrected chi connectivity index (χ0v) is 11.8. The third kappa shape index (κ3) is 6.32. The molecule has 6 nitrogen and oxygen atoms in total. The molecule has 0 saturated heterocycles. The van der Waals surface area contributed by atoms with Crippen LogP contribution in [0.4, 0.5) is 0 Å². The van der Waals surface area contributed by atoms with Gasteiger partial charge in [0.25, 0.3) is 10.1 Å². The number of aliphatic hydroxyl groups is 1. The lowest BCUT2D eigenvalue weighted by molar-refractivity contribution is -0.148. The Balaban J connectivity index is 0.000000362. The Morgan fingerprint density at radius 2 is 1.63 bits per heavy atom. The number of carboxylic acids is 1. The summed E-state index contributed by atoms with van der Waals surface area (Å²) in [5.41, 5.74) is -0.0302. The molecule has 0 fully saturated rings. The fraction of sp³-hybridized carbons (Fsp3) is 0.417. The molecule has 1 aromatic carbocycles. The molecular weight excluding hydrogens is 272 g/mol. The summed E-state index contributed by atoms with van der Waals surface area (Å²) >= 11 is 0. The van der Waals surface area contributed by atoms with Crippen LogP contribution in [0.25, 0.3) is 0 Å². The summed E-state index contributed by atoms with van der Waals surface area (Å²) in [6.07, 6.45) is 0. The Morgan fingerprint density at radius 1 is 1.21 bits per heavy atom. The predicted octanol–water partition coefficient (Wildman–Crippen LogP) is 1.33. The van der Waals surface area contributed by atoms with Crippen LogP contribution < -0.4 is 0 Å². The van der Waals surface area contributed by atoms with Crippen molar-refractivity contribution in [3.05, 3.63) is 29.8 Å². The number of rotatable bonds is 3. The van der Waals surface area contributed by atoms with Gasteiger partial charge < -0.3 is 10.2 Å². The number of aryl methyl sites for hydroxylation is 1. The van der Waals surface area contributed by atoms with E-state index in [0.29, 0.717) is 0 Å². The van der Waals surface area contributed by atoms with E-state index in [4.69, 9.17) is 14.8 Å². The van der Waals surface area contributed by atoms with Crippen LogP contribution >= 0.6 is 0 Å². The lowest BCUT2D eigenvalue weighted by Gasteiger charge is -2.13. The Labute approximate surface area is 112 Å². The van der Waals surface area contributed by atoms with Crippen molar-refractivity contribution in [3.8, 4) is 0 Å². The van der Waals surface area contributed by atoms with Gasteiger partial charge in [-0.1, -0.05) is 17.7 Å². The van der Waals surface area contributed by atoms with Crippen molar-refractivity contribution in [2.24, 2.45) is 5.41 Å². The van der Waals surface area contributed by atoms with Gasteiger partial charge in [-0.05, 0) is 32.9 Å². The number of aliphatic hydroxyl groups excluding tert-OH is 1. The average Bonchev–Trinajstić information content (AvgIpc) is 2.29. The summed E-state index contributed by atoms with van der Waals surface area (Å²) in [6.45, 7) is 4.46. The zero-order chi connectivity index (χ0) is 15.3. The van der Waals surface area contributed by atoms with Crippen molar-refractivity contribution < 1.29 is 28.0 Å². The highest BCUT2D eigenvalue weighted by Gasteiger charge is 2.25.